The molecule has 0 aliphatic carbocycles. The number of ether oxygens (including phenoxy) is 1. The molecule has 0 saturated carbocycles. The van der Waals surface area contributed by atoms with Crippen LogP contribution in [-0.2, 0) is 9.53 Å². The van der Waals surface area contributed by atoms with Crippen LogP contribution >= 0.6 is 0 Å². The van der Waals surface area contributed by atoms with Crippen molar-refractivity contribution in [3.05, 3.63) is 47.3 Å². The van der Waals surface area contributed by atoms with Crippen molar-refractivity contribution in [2.45, 2.75) is 24.9 Å². The minimum Gasteiger partial charge on any atom is -0.483 e. The van der Waals surface area contributed by atoms with E-state index < -0.39 is 0 Å². The van der Waals surface area contributed by atoms with Crippen LogP contribution < -0.4 is 11.5 Å². The minimum absolute atomic E-state index is 0.0883. The lowest BCUT2D eigenvalue weighted by molar-refractivity contribution is -0.122. The first kappa shape index (κ1) is 17.5. The van der Waals surface area contributed by atoms with E-state index in [1.807, 2.05) is 16.1 Å². The van der Waals surface area contributed by atoms with Crippen molar-refractivity contribution < 1.29 is 9.53 Å². The van der Waals surface area contributed by atoms with Gasteiger partial charge in [-0.05, 0) is 36.8 Å². The smallest absolute Gasteiger partial charge is 0.210 e. The van der Waals surface area contributed by atoms with Crippen LogP contribution in [0.2, 0.25) is 0 Å². The van der Waals surface area contributed by atoms with Crippen molar-refractivity contribution in [2.24, 2.45) is 22.5 Å². The topological polar surface area (TPSA) is 100 Å². The predicted octanol–water partition coefficient (Wildman–Crippen LogP) is 0.280. The quantitative estimate of drug-likeness (QED) is 0.410. The third-order valence-corrected chi connectivity index (χ3v) is 5.87. The lowest BCUT2D eigenvalue weighted by atomic mass is 10.0. The summed E-state index contributed by atoms with van der Waals surface area (Å²) in [5, 5.41) is 6.52. The molecule has 0 aromatic carbocycles. The molecule has 2 saturated heterocycles. The van der Waals surface area contributed by atoms with Gasteiger partial charge in [0, 0.05) is 43.4 Å². The van der Waals surface area contributed by atoms with Crippen LogP contribution in [-0.4, -0.2) is 66.3 Å². The summed E-state index contributed by atoms with van der Waals surface area (Å²) in [7, 11) is 1.54. The molecule has 3 unspecified atom stereocenters. The van der Waals surface area contributed by atoms with Gasteiger partial charge < -0.3 is 26.0 Å². The van der Waals surface area contributed by atoms with Crippen LogP contribution in [0.3, 0.4) is 0 Å². The Hall–Kier alpha value is -2.90. The summed E-state index contributed by atoms with van der Waals surface area (Å²) in [6.07, 6.45) is 12.6. The van der Waals surface area contributed by atoms with Crippen LogP contribution in [0.25, 0.3) is 0 Å². The van der Waals surface area contributed by atoms with Gasteiger partial charge in [-0.3, -0.25) is 9.80 Å². The molecule has 4 aliphatic rings. The van der Waals surface area contributed by atoms with Gasteiger partial charge in [0.1, 0.15) is 0 Å². The van der Waals surface area contributed by atoms with E-state index in [1.54, 1.807) is 12.3 Å². The van der Waals surface area contributed by atoms with Gasteiger partial charge in [-0.1, -0.05) is 0 Å². The molecule has 3 atom stereocenters. The molecule has 4 aliphatic heterocycles. The van der Waals surface area contributed by atoms with Crippen LogP contribution in [0.15, 0.2) is 52.4 Å². The second-order valence-electron chi connectivity index (χ2n) is 7.32. The first-order valence-electron chi connectivity index (χ1n) is 9.29. The van der Waals surface area contributed by atoms with Crippen molar-refractivity contribution in [3.8, 4) is 0 Å². The number of piperazine rings is 1. The number of fused-ring (bicyclic) bond motifs is 3. The van der Waals surface area contributed by atoms with Crippen molar-refractivity contribution in [2.75, 3.05) is 26.7 Å². The highest BCUT2D eigenvalue weighted by molar-refractivity contribution is 5.75. The lowest BCUT2D eigenvalue weighted by Crippen LogP contribution is -2.53. The van der Waals surface area contributed by atoms with Gasteiger partial charge in [0.15, 0.2) is 5.88 Å². The maximum atomic E-state index is 11.4. The summed E-state index contributed by atoms with van der Waals surface area (Å²) in [4.78, 5) is 15.7. The number of carbonyl (C=O) groups excluding carboxylic acids is 1. The molecular formula is C19H26N6O2. The molecule has 4 rings (SSSR count). The van der Waals surface area contributed by atoms with E-state index in [0.717, 1.165) is 49.3 Å². The van der Waals surface area contributed by atoms with E-state index in [2.05, 4.69) is 22.2 Å². The van der Waals surface area contributed by atoms with Crippen molar-refractivity contribution >= 4 is 12.6 Å². The summed E-state index contributed by atoms with van der Waals surface area (Å²) in [6.45, 7) is 2.43. The van der Waals surface area contributed by atoms with E-state index in [4.69, 9.17) is 16.2 Å². The van der Waals surface area contributed by atoms with Gasteiger partial charge in [0.25, 0.3) is 0 Å². The summed E-state index contributed by atoms with van der Waals surface area (Å²) < 4.78 is 5.05. The summed E-state index contributed by atoms with van der Waals surface area (Å²) in [5.74, 6) is 0.418. The average molecular weight is 370 g/mol. The monoisotopic (exact) mass is 370 g/mol. The number of carbonyl (C=O) groups is 1. The van der Waals surface area contributed by atoms with Gasteiger partial charge in [-0.15, -0.1) is 0 Å². The fourth-order valence-corrected chi connectivity index (χ4v) is 4.49. The lowest BCUT2D eigenvalue weighted by Gasteiger charge is -2.42. The number of nitrogens with two attached hydrogens (primary N) is 2. The Morgan fingerprint density at radius 3 is 2.63 bits per heavy atom. The Bertz CT molecular complexity index is 754. The summed E-state index contributed by atoms with van der Waals surface area (Å²) >= 11 is 0. The standard InChI is InChI=1S/C19H26N6O2/c1-27-19(21)7-13(8-20)14-6-18-17(4-5-22-25(18)9-14)23-10-15-2-3-16(11-23)24(15)12-26/h4-8,12,14-16H,2-3,9-11,20-21H2,1H3/b13-8+,19-7+. The SMILES string of the molecule is CO/C(N)=C/C(=C\N)C1C=C2C(N3CC4CCC(C3)N4C=O)=CC=NN2C1. The van der Waals surface area contributed by atoms with E-state index in [-0.39, 0.29) is 5.92 Å². The zero-order valence-corrected chi connectivity index (χ0v) is 15.5. The molecule has 0 aromatic rings. The molecule has 8 nitrogen and oxygen atoms in total. The van der Waals surface area contributed by atoms with Crippen molar-refractivity contribution in [1.82, 2.24) is 14.8 Å². The van der Waals surface area contributed by atoms with Crippen molar-refractivity contribution in [1.29, 1.82) is 0 Å². The van der Waals surface area contributed by atoms with Crippen LogP contribution in [0.5, 0.6) is 0 Å². The second kappa shape index (κ2) is 7.02. The van der Waals surface area contributed by atoms with Gasteiger partial charge in [0.05, 0.1) is 25.0 Å². The van der Waals surface area contributed by atoms with Gasteiger partial charge >= 0.3 is 0 Å². The number of hydrazone groups is 1. The Morgan fingerprint density at radius 2 is 2.00 bits per heavy atom. The highest BCUT2D eigenvalue weighted by atomic mass is 16.5. The van der Waals surface area contributed by atoms with Crippen molar-refractivity contribution in [3.63, 3.8) is 0 Å². The maximum absolute atomic E-state index is 11.4. The predicted molar refractivity (Wildman–Crippen MR) is 103 cm³/mol. The molecule has 2 bridgehead atoms. The van der Waals surface area contributed by atoms with E-state index in [0.29, 0.717) is 24.5 Å². The van der Waals surface area contributed by atoms with E-state index in [9.17, 15) is 4.79 Å². The second-order valence-corrected chi connectivity index (χ2v) is 7.32. The molecule has 0 radical (unpaired) electrons. The number of nitrogens with zero attached hydrogens (tertiary/aromatic N) is 4. The molecule has 0 aromatic heterocycles. The third kappa shape index (κ3) is 3.05. The zero-order chi connectivity index (χ0) is 19.0. The number of rotatable bonds is 5. The number of methoxy groups -OCH3 is 1. The van der Waals surface area contributed by atoms with Crippen LogP contribution in [0.1, 0.15) is 12.8 Å². The molecule has 1 amide bonds. The molecule has 27 heavy (non-hydrogen) atoms. The Labute approximate surface area is 159 Å². The highest BCUT2D eigenvalue weighted by Crippen LogP contribution is 2.37. The number of likely N-dealkylation sites (tertiary alicyclic amines) is 1. The van der Waals surface area contributed by atoms with Gasteiger partial charge in [-0.25, -0.2) is 0 Å². The van der Waals surface area contributed by atoms with E-state index >= 15 is 0 Å². The Kier molecular flexibility index (Phi) is 4.55. The first-order chi connectivity index (χ1) is 13.1. The fraction of sp³-hybridized carbons (Fsp3) is 0.474. The van der Waals surface area contributed by atoms with Gasteiger partial charge in [-0.2, -0.15) is 5.10 Å². The van der Waals surface area contributed by atoms with Crippen LogP contribution in [0.4, 0.5) is 0 Å². The largest absolute Gasteiger partial charge is 0.483 e. The number of amides is 1. The molecule has 4 heterocycles. The maximum Gasteiger partial charge on any atom is 0.210 e. The molecule has 144 valence electrons. The number of hydrogen-bond donors (Lipinski definition) is 2. The zero-order valence-electron chi connectivity index (χ0n) is 15.5. The molecule has 0 spiro atoms. The highest BCUT2D eigenvalue weighted by Gasteiger charge is 2.41. The third-order valence-electron chi connectivity index (χ3n) is 5.87. The van der Waals surface area contributed by atoms with Crippen LogP contribution in [0, 0.1) is 5.92 Å². The van der Waals surface area contributed by atoms with Gasteiger partial charge in [0.2, 0.25) is 6.41 Å². The Balaban J connectivity index is 1.56. The average Bonchev–Trinajstić information content (AvgIpc) is 3.23. The first-order valence-corrected chi connectivity index (χ1v) is 9.29. The summed E-state index contributed by atoms with van der Waals surface area (Å²) in [6, 6.07) is 0.604. The van der Waals surface area contributed by atoms with E-state index in [1.165, 1.54) is 7.11 Å². The molecular weight excluding hydrogens is 344 g/mol. The molecule has 4 N–H and O–H groups in total. The molecule has 2 fully saturated rings. The normalized spacial score (nSPS) is 30.3. The number of hydrogen-bond acceptors (Lipinski definition) is 7. The fourth-order valence-electron chi connectivity index (χ4n) is 4.49. The Morgan fingerprint density at radius 1 is 1.26 bits per heavy atom. The number of allylic oxidation sites excluding steroid dienone is 2. The summed E-state index contributed by atoms with van der Waals surface area (Å²) in [5.41, 5.74) is 14.8. The minimum atomic E-state index is 0.0883. The molecule has 8 heteroatoms.